The van der Waals surface area contributed by atoms with E-state index in [-0.39, 0.29) is 26.2 Å². The third-order valence-electron chi connectivity index (χ3n) is 5.31. The Hall–Kier alpha value is 0.363. The summed E-state index contributed by atoms with van der Waals surface area (Å²) in [5, 5.41) is 0. The van der Waals surface area contributed by atoms with E-state index in [2.05, 4.69) is 26.0 Å². The van der Waals surface area contributed by atoms with Crippen LogP contribution in [-0.2, 0) is 26.2 Å². The maximum absolute atomic E-state index is 3.30. The van der Waals surface area contributed by atoms with Crippen molar-refractivity contribution in [1.82, 2.24) is 0 Å². The Labute approximate surface area is 178 Å². The van der Waals surface area contributed by atoms with E-state index in [0.717, 1.165) is 0 Å². The van der Waals surface area contributed by atoms with Gasteiger partial charge in [-0.15, -0.1) is 0 Å². The summed E-state index contributed by atoms with van der Waals surface area (Å²) in [5.74, 6) is 0. The quantitative estimate of drug-likeness (QED) is 0.344. The second-order valence-electron chi connectivity index (χ2n) is 7.86. The van der Waals surface area contributed by atoms with Crippen molar-refractivity contribution in [3.8, 4) is 0 Å². The number of allylic oxidation sites excluding steroid dienone is 4. The van der Waals surface area contributed by atoms with Gasteiger partial charge in [-0.3, -0.25) is 11.1 Å². The molecule has 0 N–H and O–H groups in total. The predicted molar refractivity (Wildman–Crippen MR) is 108 cm³/mol. The first-order valence-electron chi connectivity index (χ1n) is 10.9. The van der Waals surface area contributed by atoms with E-state index in [9.17, 15) is 0 Å². The normalized spacial score (nSPS) is 21.7. The molecule has 0 aliphatic heterocycles. The van der Waals surface area contributed by atoms with Gasteiger partial charge in [0.05, 0.1) is 0 Å². The first-order chi connectivity index (χ1) is 11.8. The van der Waals surface area contributed by atoms with Crippen LogP contribution in [0.5, 0.6) is 0 Å². The van der Waals surface area contributed by atoms with Crippen LogP contribution in [0.1, 0.15) is 129 Å². The first kappa shape index (κ1) is 25.4. The Morgan fingerprint density at radius 3 is 0.840 bits per heavy atom. The summed E-state index contributed by atoms with van der Waals surface area (Å²) in [6.07, 6.45) is 32.1. The molecule has 4 rings (SSSR count). The van der Waals surface area contributed by atoms with E-state index in [0.29, 0.717) is 0 Å². The fraction of sp³-hybridized carbons (Fsp3) is 0.833. The van der Waals surface area contributed by atoms with Crippen LogP contribution in [0.3, 0.4) is 0 Å². The minimum absolute atomic E-state index is 0. The minimum Gasteiger partial charge on any atom is -0.497 e. The maximum atomic E-state index is 3.30. The van der Waals surface area contributed by atoms with Crippen LogP contribution in [0.4, 0.5) is 0 Å². The molecule has 0 aromatic heterocycles. The van der Waals surface area contributed by atoms with Crippen molar-refractivity contribution >= 4 is 0 Å². The fourth-order valence-electron chi connectivity index (χ4n) is 3.58. The van der Waals surface area contributed by atoms with Gasteiger partial charge in [0.1, 0.15) is 0 Å². The largest absolute Gasteiger partial charge is 2.00 e. The van der Waals surface area contributed by atoms with Crippen LogP contribution in [-0.4, -0.2) is 0 Å². The van der Waals surface area contributed by atoms with Crippen LogP contribution < -0.4 is 0 Å². The van der Waals surface area contributed by atoms with Gasteiger partial charge in [0.15, 0.2) is 0 Å². The van der Waals surface area contributed by atoms with Gasteiger partial charge in [0.25, 0.3) is 0 Å². The van der Waals surface area contributed by atoms with Crippen LogP contribution in [0.25, 0.3) is 0 Å². The smallest absolute Gasteiger partial charge is 0.497 e. The summed E-state index contributed by atoms with van der Waals surface area (Å²) < 4.78 is 0. The van der Waals surface area contributed by atoms with Gasteiger partial charge in [0.2, 0.25) is 0 Å². The van der Waals surface area contributed by atoms with Crippen molar-refractivity contribution in [3.05, 3.63) is 23.3 Å². The molecule has 2 fully saturated rings. The molecule has 0 aromatic rings. The number of hydrogen-bond donors (Lipinski definition) is 0. The van der Waals surface area contributed by atoms with Gasteiger partial charge in [-0.1, -0.05) is 117 Å². The molecule has 4 aliphatic rings. The molecule has 142 valence electrons. The molecule has 0 atom stereocenters. The zero-order chi connectivity index (χ0) is 17.3. The summed E-state index contributed by atoms with van der Waals surface area (Å²) in [6.45, 7) is 4.33. The van der Waals surface area contributed by atoms with E-state index in [1.807, 2.05) is 0 Å². The van der Waals surface area contributed by atoms with Crippen LogP contribution >= 0.6 is 0 Å². The van der Waals surface area contributed by atoms with E-state index in [1.54, 1.807) is 0 Å². The van der Waals surface area contributed by atoms with Gasteiger partial charge < -0.3 is 12.2 Å². The van der Waals surface area contributed by atoms with Crippen molar-refractivity contribution in [2.45, 2.75) is 129 Å². The Morgan fingerprint density at radius 2 is 0.720 bits per heavy atom. The Kier molecular flexibility index (Phi) is 19.4. The van der Waals surface area contributed by atoms with Crippen molar-refractivity contribution in [2.24, 2.45) is 0 Å². The van der Waals surface area contributed by atoms with Crippen molar-refractivity contribution in [2.75, 3.05) is 0 Å². The molecule has 0 radical (unpaired) electrons. The summed E-state index contributed by atoms with van der Waals surface area (Å²) in [7, 11) is 0. The summed E-state index contributed by atoms with van der Waals surface area (Å²) in [5.41, 5.74) is 2.93. The van der Waals surface area contributed by atoms with Crippen LogP contribution in [0, 0.1) is 12.2 Å². The monoisotopic (exact) mass is 420 g/mol. The minimum atomic E-state index is 0. The third kappa shape index (κ3) is 17.5. The molecule has 0 amide bonds. The number of rotatable bonds is 0. The number of hydrogen-bond acceptors (Lipinski definition) is 0. The fourth-order valence-corrected chi connectivity index (χ4v) is 3.58. The average Bonchev–Trinajstić information content (AvgIpc) is 3.36. The molecule has 1 heteroatoms. The summed E-state index contributed by atoms with van der Waals surface area (Å²) in [4.78, 5) is 0. The molecule has 0 heterocycles. The average molecular weight is 422 g/mol. The van der Waals surface area contributed by atoms with Crippen LogP contribution in [0.2, 0.25) is 0 Å². The molecule has 4 aliphatic carbocycles. The van der Waals surface area contributed by atoms with Crippen molar-refractivity contribution in [1.29, 1.82) is 0 Å². The van der Waals surface area contributed by atoms with E-state index >= 15 is 0 Å². The van der Waals surface area contributed by atoms with Gasteiger partial charge in [-0.05, 0) is 0 Å². The third-order valence-corrected chi connectivity index (χ3v) is 5.31. The van der Waals surface area contributed by atoms with Crippen molar-refractivity contribution in [3.63, 3.8) is 0 Å². The van der Waals surface area contributed by atoms with Crippen LogP contribution in [0.15, 0.2) is 11.1 Å². The van der Waals surface area contributed by atoms with Gasteiger partial charge >= 0.3 is 26.2 Å². The van der Waals surface area contributed by atoms with E-state index < -0.39 is 0 Å². The van der Waals surface area contributed by atoms with E-state index in [4.69, 9.17) is 0 Å². The SMILES string of the molecule is C1CCCC1.C1CCCC1.CC1=[C-]CCCC1.CC1=[C-]CCCC1.[Zr+2]. The Bertz CT molecular complexity index is 283. The second kappa shape index (κ2) is 19.1. The molecule has 0 aromatic carbocycles. The Morgan fingerprint density at radius 1 is 0.440 bits per heavy atom. The standard InChI is InChI=1S/2C7H11.2C5H10.Zr/c2*1-7-5-3-2-4-6-7;2*1-2-4-5-3-1;/h2*2-5H2,1H3;2*1-5H2;/q2*-1;;;+2. The second-order valence-corrected chi connectivity index (χ2v) is 7.86. The topological polar surface area (TPSA) is 0 Å². The molecular formula is C24H42Zr. The zero-order valence-electron chi connectivity index (χ0n) is 17.2. The predicted octanol–water partition coefficient (Wildman–Crippen LogP) is 8.52. The summed E-state index contributed by atoms with van der Waals surface area (Å²) >= 11 is 0. The molecule has 2 saturated carbocycles. The first-order valence-corrected chi connectivity index (χ1v) is 10.9. The van der Waals surface area contributed by atoms with Gasteiger partial charge in [-0.2, -0.15) is 12.8 Å². The zero-order valence-corrected chi connectivity index (χ0v) is 19.7. The maximum Gasteiger partial charge on any atom is 2.00 e. The molecule has 0 bridgehead atoms. The molecule has 0 unspecified atom stereocenters. The van der Waals surface area contributed by atoms with Crippen molar-refractivity contribution < 1.29 is 26.2 Å². The van der Waals surface area contributed by atoms with E-state index in [1.165, 1.54) is 127 Å². The molecule has 0 spiro atoms. The molecule has 25 heavy (non-hydrogen) atoms. The molecule has 0 saturated heterocycles. The summed E-state index contributed by atoms with van der Waals surface area (Å²) in [6, 6.07) is 0. The van der Waals surface area contributed by atoms with Gasteiger partial charge in [0, 0.05) is 0 Å². The molecule has 0 nitrogen and oxygen atoms in total. The van der Waals surface area contributed by atoms with Gasteiger partial charge in [-0.25, -0.2) is 0 Å². The molecular weight excluding hydrogens is 379 g/mol. The Balaban J connectivity index is 0.000000307.